The Morgan fingerprint density at radius 1 is 1.44 bits per heavy atom. The zero-order valence-corrected chi connectivity index (χ0v) is 12.0. The maximum absolute atomic E-state index is 12.2. The summed E-state index contributed by atoms with van der Waals surface area (Å²) in [7, 11) is -3.48. The van der Waals surface area contributed by atoms with Crippen molar-refractivity contribution in [2.45, 2.75) is 31.7 Å². The summed E-state index contributed by atoms with van der Waals surface area (Å²) in [6.45, 7) is 5.50. The average Bonchev–Trinajstić information content (AvgIpc) is 2.86. The molecule has 2 aromatic rings. The summed E-state index contributed by atoms with van der Waals surface area (Å²) < 4.78 is 27.1. The van der Waals surface area contributed by atoms with E-state index in [0.717, 1.165) is 15.3 Å². The lowest BCUT2D eigenvalue weighted by molar-refractivity contribution is 0.567. The maximum atomic E-state index is 12.2. The van der Waals surface area contributed by atoms with Crippen LogP contribution in [0.4, 0.5) is 0 Å². The van der Waals surface area contributed by atoms with Gasteiger partial charge in [-0.15, -0.1) is 11.3 Å². The van der Waals surface area contributed by atoms with Gasteiger partial charge in [-0.3, -0.25) is 5.10 Å². The summed E-state index contributed by atoms with van der Waals surface area (Å²) >= 11 is 1.48. The molecule has 0 spiro atoms. The first-order valence-electron chi connectivity index (χ1n) is 5.48. The number of aromatic nitrogens is 2. The molecule has 0 bridgehead atoms. The molecule has 0 aliphatic rings. The van der Waals surface area contributed by atoms with E-state index in [1.165, 1.54) is 11.3 Å². The number of nitrogens with one attached hydrogen (secondary N) is 2. The molecule has 0 saturated carbocycles. The minimum Gasteiger partial charge on any atom is -0.285 e. The second-order valence-corrected chi connectivity index (χ2v) is 7.29. The van der Waals surface area contributed by atoms with Gasteiger partial charge in [0.25, 0.3) is 0 Å². The van der Waals surface area contributed by atoms with Crippen molar-refractivity contribution in [3.05, 3.63) is 33.8 Å². The highest BCUT2D eigenvalue weighted by molar-refractivity contribution is 7.89. The quantitative estimate of drug-likeness (QED) is 0.903. The van der Waals surface area contributed by atoms with E-state index in [4.69, 9.17) is 0 Å². The Balaban J connectivity index is 2.25. The van der Waals surface area contributed by atoms with Crippen molar-refractivity contribution in [1.29, 1.82) is 0 Å². The molecule has 0 amide bonds. The Morgan fingerprint density at radius 2 is 2.17 bits per heavy atom. The van der Waals surface area contributed by atoms with Crippen LogP contribution in [0.5, 0.6) is 0 Å². The summed E-state index contributed by atoms with van der Waals surface area (Å²) in [5.41, 5.74) is 0.808. The monoisotopic (exact) mass is 285 g/mol. The predicted octanol–water partition coefficient (Wildman–Crippen LogP) is 2.13. The molecular formula is C11H15N3O2S2. The molecule has 2 heterocycles. The number of sulfonamides is 1. The predicted molar refractivity (Wildman–Crippen MR) is 71.1 cm³/mol. The standard InChI is InChI=1S/C11H15N3O2S2/c1-7-4-11(9(3)17-7)18(15,16)14-8(2)10-5-12-13-6-10/h4-6,8,14H,1-3H3,(H,12,13). The number of rotatable bonds is 4. The summed E-state index contributed by atoms with van der Waals surface area (Å²) in [5, 5.41) is 6.48. The molecule has 5 nitrogen and oxygen atoms in total. The van der Waals surface area contributed by atoms with Gasteiger partial charge in [0.15, 0.2) is 0 Å². The van der Waals surface area contributed by atoms with Gasteiger partial charge in [0.05, 0.1) is 11.1 Å². The van der Waals surface area contributed by atoms with Crippen LogP contribution in [-0.4, -0.2) is 18.6 Å². The molecule has 0 aliphatic heterocycles. The SMILES string of the molecule is Cc1cc(S(=O)(=O)NC(C)c2cn[nH]c2)c(C)s1. The normalized spacial score (nSPS) is 13.7. The maximum Gasteiger partial charge on any atom is 0.242 e. The molecule has 2 aromatic heterocycles. The fourth-order valence-electron chi connectivity index (χ4n) is 1.74. The lowest BCUT2D eigenvalue weighted by atomic mass is 10.2. The minimum absolute atomic E-state index is 0.312. The first kappa shape index (κ1) is 13.3. The van der Waals surface area contributed by atoms with E-state index in [2.05, 4.69) is 14.9 Å². The van der Waals surface area contributed by atoms with Crippen molar-refractivity contribution < 1.29 is 8.42 Å². The van der Waals surface area contributed by atoms with E-state index in [1.807, 2.05) is 13.8 Å². The minimum atomic E-state index is -3.48. The highest BCUT2D eigenvalue weighted by atomic mass is 32.2. The molecular weight excluding hydrogens is 270 g/mol. The number of aromatic amines is 1. The topological polar surface area (TPSA) is 74.8 Å². The fraction of sp³-hybridized carbons (Fsp3) is 0.364. The first-order valence-corrected chi connectivity index (χ1v) is 7.78. The number of thiophene rings is 1. The van der Waals surface area contributed by atoms with Crippen molar-refractivity contribution in [3.8, 4) is 0 Å². The lowest BCUT2D eigenvalue weighted by Gasteiger charge is -2.12. The molecule has 1 unspecified atom stereocenters. The van der Waals surface area contributed by atoms with Gasteiger partial charge in [-0.25, -0.2) is 13.1 Å². The van der Waals surface area contributed by atoms with Crippen LogP contribution in [0, 0.1) is 13.8 Å². The molecule has 1 atom stereocenters. The van der Waals surface area contributed by atoms with Crippen molar-refractivity contribution >= 4 is 21.4 Å². The van der Waals surface area contributed by atoms with Crippen LogP contribution < -0.4 is 4.72 Å². The third kappa shape index (κ3) is 2.63. The smallest absolute Gasteiger partial charge is 0.242 e. The average molecular weight is 285 g/mol. The Morgan fingerprint density at radius 3 is 2.67 bits per heavy atom. The molecule has 0 aliphatic carbocycles. The molecule has 0 aromatic carbocycles. The van der Waals surface area contributed by atoms with Crippen LogP contribution >= 0.6 is 11.3 Å². The van der Waals surface area contributed by atoms with E-state index in [-0.39, 0.29) is 6.04 Å². The van der Waals surface area contributed by atoms with E-state index in [0.29, 0.717) is 4.90 Å². The Kier molecular flexibility index (Phi) is 3.56. The van der Waals surface area contributed by atoms with Crippen molar-refractivity contribution in [3.63, 3.8) is 0 Å². The van der Waals surface area contributed by atoms with Gasteiger partial charge in [0.1, 0.15) is 0 Å². The first-order chi connectivity index (χ1) is 8.40. The third-order valence-corrected chi connectivity index (χ3v) is 5.40. The van der Waals surface area contributed by atoms with Crippen LogP contribution in [-0.2, 0) is 10.0 Å². The van der Waals surface area contributed by atoms with E-state index in [1.54, 1.807) is 25.4 Å². The van der Waals surface area contributed by atoms with Crippen LogP contribution in [0.3, 0.4) is 0 Å². The number of aryl methyl sites for hydroxylation is 2. The van der Waals surface area contributed by atoms with Crippen LogP contribution in [0.2, 0.25) is 0 Å². The molecule has 2 N–H and O–H groups in total. The largest absolute Gasteiger partial charge is 0.285 e. The summed E-state index contributed by atoms with van der Waals surface area (Å²) in [5.74, 6) is 0. The van der Waals surface area contributed by atoms with Gasteiger partial charge >= 0.3 is 0 Å². The molecule has 18 heavy (non-hydrogen) atoms. The van der Waals surface area contributed by atoms with E-state index in [9.17, 15) is 8.42 Å². The summed E-state index contributed by atoms with van der Waals surface area (Å²) in [6.07, 6.45) is 3.29. The highest BCUT2D eigenvalue weighted by Crippen LogP contribution is 2.26. The van der Waals surface area contributed by atoms with Gasteiger partial charge in [0.2, 0.25) is 10.0 Å². The zero-order valence-electron chi connectivity index (χ0n) is 10.4. The second kappa shape index (κ2) is 4.83. The van der Waals surface area contributed by atoms with Gasteiger partial charge in [-0.2, -0.15) is 5.10 Å². The number of hydrogen-bond donors (Lipinski definition) is 2. The Labute approximate surface area is 110 Å². The summed E-state index contributed by atoms with van der Waals surface area (Å²) in [4.78, 5) is 2.16. The molecule has 0 radical (unpaired) electrons. The van der Waals surface area contributed by atoms with E-state index >= 15 is 0 Å². The Bertz CT molecular complexity index is 629. The van der Waals surface area contributed by atoms with E-state index < -0.39 is 10.0 Å². The number of nitrogens with zero attached hydrogens (tertiary/aromatic N) is 1. The van der Waals surface area contributed by atoms with Gasteiger partial charge in [-0.1, -0.05) is 0 Å². The van der Waals surface area contributed by atoms with Gasteiger partial charge < -0.3 is 0 Å². The molecule has 7 heteroatoms. The van der Waals surface area contributed by atoms with Crippen LogP contribution in [0.1, 0.15) is 28.3 Å². The van der Waals surface area contributed by atoms with Gasteiger partial charge in [0, 0.05) is 27.6 Å². The third-order valence-electron chi connectivity index (χ3n) is 2.64. The number of hydrogen-bond acceptors (Lipinski definition) is 4. The van der Waals surface area contributed by atoms with Crippen molar-refractivity contribution in [2.75, 3.05) is 0 Å². The molecule has 0 fully saturated rings. The molecule has 2 rings (SSSR count). The van der Waals surface area contributed by atoms with Crippen molar-refractivity contribution in [2.24, 2.45) is 0 Å². The fourth-order valence-corrected chi connectivity index (χ4v) is 4.52. The van der Waals surface area contributed by atoms with Crippen LogP contribution in [0.25, 0.3) is 0 Å². The summed E-state index contributed by atoms with van der Waals surface area (Å²) in [6, 6.07) is 1.39. The second-order valence-electron chi connectivity index (χ2n) is 4.15. The van der Waals surface area contributed by atoms with Gasteiger partial charge in [-0.05, 0) is 26.8 Å². The highest BCUT2D eigenvalue weighted by Gasteiger charge is 2.22. The molecule has 0 saturated heterocycles. The lowest BCUT2D eigenvalue weighted by Crippen LogP contribution is -2.26. The van der Waals surface area contributed by atoms with Crippen LogP contribution in [0.15, 0.2) is 23.4 Å². The molecule has 98 valence electrons. The zero-order chi connectivity index (χ0) is 13.3. The van der Waals surface area contributed by atoms with Crippen molar-refractivity contribution in [1.82, 2.24) is 14.9 Å². The number of H-pyrrole nitrogens is 1. The Hall–Kier alpha value is -1.18.